The standard InChI is InChI=1S/C120H81N9/c1-118(2)97-34-16-7-25-79(97)82-58-49-76(67-100(82)118)124-103-37-19-10-28-85(103)91-52-43-70(61-109(91)124)73-46-55-94-88-31-13-22-40-106(88)127(112(94)64-73)115-121-116(128-107-41-23-14-32-89(107)95-56-47-74(65-113(95)128)71-44-53-92-86-29-11-20-38-104(86)125(110(92)62-71)77-50-59-83-80-26-8-17-35-98(80)119(3,4)101(83)68-77)123-117(122-115)129-108-42-24-15-33-90(108)96-57-48-75(66-114(96)129)72-45-54-93-87-30-12-21-39-105(87)126(111(93)63-72)78-51-60-84-81-27-9-18-36-99(81)120(5,6)102(84)69-78/h7-69H,1-6H3. The molecule has 129 heavy (non-hydrogen) atoms. The van der Waals surface area contributed by atoms with E-state index in [1.807, 2.05) is 0 Å². The van der Waals surface area contributed by atoms with Gasteiger partial charge in [0.1, 0.15) is 0 Å². The van der Waals surface area contributed by atoms with Crippen LogP contribution in [0, 0.1) is 0 Å². The van der Waals surface area contributed by atoms with Crippen LogP contribution in [0.5, 0.6) is 0 Å². The molecule has 0 amide bonds. The highest BCUT2D eigenvalue weighted by Crippen LogP contribution is 2.55. The van der Waals surface area contributed by atoms with Crippen LogP contribution in [0.15, 0.2) is 382 Å². The topological polar surface area (TPSA) is 68.2 Å². The second-order valence-electron chi connectivity index (χ2n) is 37.4. The fraction of sp³-hybridized carbons (Fsp3) is 0.0750. The maximum absolute atomic E-state index is 5.97. The summed E-state index contributed by atoms with van der Waals surface area (Å²) >= 11 is 0. The predicted molar refractivity (Wildman–Crippen MR) is 535 cm³/mol. The molecular weight excluding hydrogens is 1570 g/mol. The molecule has 3 aliphatic rings. The van der Waals surface area contributed by atoms with Crippen molar-refractivity contribution >= 4 is 131 Å². The first kappa shape index (κ1) is 72.1. The number of fused-ring (bicyclic) bond motifs is 27. The Morgan fingerprint density at radius 2 is 0.341 bits per heavy atom. The molecule has 0 N–H and O–H groups in total. The molecule has 9 nitrogen and oxygen atoms in total. The second kappa shape index (κ2) is 26.0. The van der Waals surface area contributed by atoms with Crippen molar-refractivity contribution in [3.8, 4) is 102 Å². The molecule has 0 radical (unpaired) electrons. The Balaban J connectivity index is 0.657. The summed E-state index contributed by atoms with van der Waals surface area (Å²) in [6, 6.07) is 143. The van der Waals surface area contributed by atoms with Crippen LogP contribution in [0.4, 0.5) is 0 Å². The van der Waals surface area contributed by atoms with E-state index in [1.54, 1.807) is 0 Å². The van der Waals surface area contributed by atoms with Crippen molar-refractivity contribution in [3.63, 3.8) is 0 Å². The van der Waals surface area contributed by atoms with Crippen LogP contribution in [0.25, 0.3) is 233 Å². The lowest BCUT2D eigenvalue weighted by Crippen LogP contribution is -2.15. The maximum Gasteiger partial charge on any atom is 0.241 e. The number of benzene rings is 18. The lowest BCUT2D eigenvalue weighted by atomic mass is 9.82. The molecule has 3 aliphatic carbocycles. The average molecular weight is 1650 g/mol. The van der Waals surface area contributed by atoms with E-state index in [9.17, 15) is 0 Å². The highest BCUT2D eigenvalue weighted by molar-refractivity contribution is 6.17. The Kier molecular flexibility index (Phi) is 14.5. The van der Waals surface area contributed by atoms with Gasteiger partial charge in [-0.05, 0) is 209 Å². The molecule has 0 unspecified atom stereocenters. The van der Waals surface area contributed by atoms with Crippen molar-refractivity contribution in [2.75, 3.05) is 0 Å². The summed E-state index contributed by atoms with van der Waals surface area (Å²) < 4.78 is 14.3. The lowest BCUT2D eigenvalue weighted by Gasteiger charge is -2.22. The van der Waals surface area contributed by atoms with Crippen LogP contribution in [-0.4, -0.2) is 42.4 Å². The molecular formula is C120H81N9. The third-order valence-electron chi connectivity index (χ3n) is 29.7. The van der Waals surface area contributed by atoms with Crippen molar-refractivity contribution < 1.29 is 0 Å². The van der Waals surface area contributed by atoms with Gasteiger partial charge in [-0.1, -0.05) is 315 Å². The van der Waals surface area contributed by atoms with Gasteiger partial charge in [0, 0.05) is 97.9 Å². The van der Waals surface area contributed by atoms with E-state index in [2.05, 4.69) is 451 Å². The molecule has 0 fully saturated rings. The van der Waals surface area contributed by atoms with E-state index < -0.39 is 0 Å². The van der Waals surface area contributed by atoms with Gasteiger partial charge in [-0.3, -0.25) is 13.7 Å². The van der Waals surface area contributed by atoms with E-state index in [1.165, 1.54) is 116 Å². The molecule has 0 spiro atoms. The summed E-state index contributed by atoms with van der Waals surface area (Å²) in [5, 5.41) is 13.8. The molecule has 0 saturated heterocycles. The number of rotatable bonds is 9. The number of para-hydroxylation sites is 6. The van der Waals surface area contributed by atoms with Gasteiger partial charge >= 0.3 is 0 Å². The summed E-state index contributed by atoms with van der Waals surface area (Å²) in [5.41, 5.74) is 38.1. The molecule has 0 aliphatic heterocycles. The van der Waals surface area contributed by atoms with Crippen molar-refractivity contribution in [1.29, 1.82) is 0 Å². The Labute approximate surface area is 743 Å². The van der Waals surface area contributed by atoms with Crippen LogP contribution in [0.2, 0.25) is 0 Å². The smallest absolute Gasteiger partial charge is 0.241 e. The van der Waals surface area contributed by atoms with Gasteiger partial charge in [0.05, 0.1) is 66.2 Å². The van der Waals surface area contributed by atoms with Crippen molar-refractivity contribution in [2.45, 2.75) is 57.8 Å². The Morgan fingerprint density at radius 3 is 0.581 bits per heavy atom. The van der Waals surface area contributed by atoms with E-state index in [0.717, 1.165) is 132 Å². The van der Waals surface area contributed by atoms with Gasteiger partial charge in [0.25, 0.3) is 0 Å². The first-order valence-electron chi connectivity index (χ1n) is 45.0. The Morgan fingerprint density at radius 1 is 0.155 bits per heavy atom. The molecule has 606 valence electrons. The maximum atomic E-state index is 5.97. The van der Waals surface area contributed by atoms with Gasteiger partial charge in [0.15, 0.2) is 0 Å². The van der Waals surface area contributed by atoms with Gasteiger partial charge in [0.2, 0.25) is 17.8 Å². The van der Waals surface area contributed by atoms with E-state index in [0.29, 0.717) is 17.8 Å². The lowest BCUT2D eigenvalue weighted by molar-refractivity contribution is 0.660. The monoisotopic (exact) mass is 1650 g/mol. The minimum atomic E-state index is -0.170. The Bertz CT molecular complexity index is 8460. The molecule has 0 saturated carbocycles. The van der Waals surface area contributed by atoms with Crippen LogP contribution >= 0.6 is 0 Å². The molecule has 28 rings (SSSR count). The molecule has 9 heteroatoms. The van der Waals surface area contributed by atoms with Gasteiger partial charge in [-0.25, -0.2) is 0 Å². The van der Waals surface area contributed by atoms with E-state index >= 15 is 0 Å². The van der Waals surface area contributed by atoms with Crippen LogP contribution in [-0.2, 0) is 16.2 Å². The van der Waals surface area contributed by atoms with Gasteiger partial charge in [-0.15, -0.1) is 0 Å². The van der Waals surface area contributed by atoms with Crippen LogP contribution in [0.3, 0.4) is 0 Å². The fourth-order valence-corrected chi connectivity index (χ4v) is 23.5. The first-order valence-corrected chi connectivity index (χ1v) is 45.0. The summed E-state index contributed by atoms with van der Waals surface area (Å²) in [6.07, 6.45) is 0. The Hall–Kier alpha value is -16.2. The van der Waals surface area contributed by atoms with Gasteiger partial charge < -0.3 is 13.7 Å². The van der Waals surface area contributed by atoms with Crippen molar-refractivity contribution in [2.24, 2.45) is 0 Å². The van der Waals surface area contributed by atoms with Gasteiger partial charge in [-0.2, -0.15) is 15.0 Å². The minimum Gasteiger partial charge on any atom is -0.309 e. The predicted octanol–water partition coefficient (Wildman–Crippen LogP) is 30.4. The SMILES string of the molecule is CC1(C)c2ccccc2-c2ccc(-n3c4ccccc4c4ccc(-c5ccc6c7ccccc7n(-c7nc(-n8c9ccccc9c9ccc(-c%10ccc%11c%12ccccc%12n(-c%12ccc%13c(c%12)C(C)(C)c%12ccccc%12-%13)c%11c%10)cc98)nc(-n8c9ccccc9c9ccc(-c%10ccc%11c%12ccccc%12n(-c%12ccc%13c(c%12)C(C)(C)c%12ccccc%12-%13)c%11c%10)cc98)n7)c6c5)cc43)cc21. The summed E-state index contributed by atoms with van der Waals surface area (Å²) in [4.78, 5) is 17.9. The summed E-state index contributed by atoms with van der Waals surface area (Å²) in [5.74, 6) is 1.44. The minimum absolute atomic E-state index is 0.170. The van der Waals surface area contributed by atoms with E-state index in [4.69, 9.17) is 15.0 Å². The third kappa shape index (κ3) is 9.96. The molecule has 0 atom stereocenters. The zero-order valence-electron chi connectivity index (χ0n) is 71.9. The summed E-state index contributed by atoms with van der Waals surface area (Å²) in [6.45, 7) is 14.2. The van der Waals surface area contributed by atoms with Crippen LogP contribution in [0.1, 0.15) is 74.9 Å². The number of aromatic nitrogens is 9. The average Bonchev–Trinajstić information content (AvgIpc) is 1.57. The quantitative estimate of drug-likeness (QED) is 0.145. The highest BCUT2D eigenvalue weighted by atomic mass is 15.3. The normalized spacial score (nSPS) is 14.0. The zero-order chi connectivity index (χ0) is 85.3. The largest absolute Gasteiger partial charge is 0.309 e. The van der Waals surface area contributed by atoms with E-state index in [-0.39, 0.29) is 16.2 Å². The zero-order valence-corrected chi connectivity index (χ0v) is 71.9. The first-order chi connectivity index (χ1) is 63.2. The molecule has 18 aromatic carbocycles. The second-order valence-corrected chi connectivity index (χ2v) is 37.4. The third-order valence-corrected chi connectivity index (χ3v) is 29.7. The molecule has 0 bridgehead atoms. The van der Waals surface area contributed by atoms with Crippen molar-refractivity contribution in [3.05, 3.63) is 416 Å². The molecule has 7 heterocycles. The number of hydrogen-bond donors (Lipinski definition) is 0. The number of hydrogen-bond acceptors (Lipinski definition) is 3. The molecule has 25 aromatic rings. The fourth-order valence-electron chi connectivity index (χ4n) is 23.5. The van der Waals surface area contributed by atoms with Crippen LogP contribution < -0.4 is 0 Å². The highest BCUT2D eigenvalue weighted by Gasteiger charge is 2.39. The molecule has 7 aromatic heterocycles. The van der Waals surface area contributed by atoms with Crippen molar-refractivity contribution in [1.82, 2.24) is 42.4 Å². The summed E-state index contributed by atoms with van der Waals surface area (Å²) in [7, 11) is 0. The number of nitrogens with zero attached hydrogens (tertiary/aromatic N) is 9.